The molecule has 1 unspecified atom stereocenters. The van der Waals surface area contributed by atoms with Gasteiger partial charge in [0.25, 0.3) is 0 Å². The van der Waals surface area contributed by atoms with Crippen molar-refractivity contribution in [3.63, 3.8) is 0 Å². The first kappa shape index (κ1) is 11.3. The number of hydrogen-bond donors (Lipinski definition) is 2. The van der Waals surface area contributed by atoms with Crippen LogP contribution in [0.3, 0.4) is 0 Å². The molecule has 0 radical (unpaired) electrons. The molecule has 14 heavy (non-hydrogen) atoms. The van der Waals surface area contributed by atoms with Gasteiger partial charge in [0.15, 0.2) is 0 Å². The van der Waals surface area contributed by atoms with Crippen molar-refractivity contribution in [3.8, 4) is 0 Å². The summed E-state index contributed by atoms with van der Waals surface area (Å²) in [5, 5.41) is 13.0. The first-order valence-corrected chi connectivity index (χ1v) is 5.16. The summed E-state index contributed by atoms with van der Waals surface area (Å²) in [7, 11) is 0. The molecule has 0 amide bonds. The van der Waals surface area contributed by atoms with Crippen molar-refractivity contribution in [1.82, 2.24) is 0 Å². The summed E-state index contributed by atoms with van der Waals surface area (Å²) in [4.78, 5) is 0. The number of aliphatic hydroxyl groups is 1. The molecule has 0 aliphatic heterocycles. The monoisotopic (exact) mass is 213 g/mol. The quantitative estimate of drug-likeness (QED) is 0.806. The second-order valence-corrected chi connectivity index (χ2v) is 3.90. The summed E-state index contributed by atoms with van der Waals surface area (Å²) >= 11 is 6.02. The van der Waals surface area contributed by atoms with Crippen LogP contribution in [0.15, 0.2) is 18.2 Å². The predicted molar refractivity (Wildman–Crippen MR) is 61.0 cm³/mol. The van der Waals surface area contributed by atoms with Crippen LogP contribution in [-0.4, -0.2) is 17.8 Å². The van der Waals surface area contributed by atoms with Crippen molar-refractivity contribution in [1.29, 1.82) is 0 Å². The van der Waals surface area contributed by atoms with Crippen LogP contribution in [0.2, 0.25) is 5.02 Å². The van der Waals surface area contributed by atoms with Gasteiger partial charge in [-0.3, -0.25) is 0 Å². The first-order chi connectivity index (χ1) is 6.61. The van der Waals surface area contributed by atoms with Gasteiger partial charge >= 0.3 is 0 Å². The molecule has 0 heterocycles. The summed E-state index contributed by atoms with van der Waals surface area (Å²) in [6.45, 7) is 4.53. The summed E-state index contributed by atoms with van der Waals surface area (Å²) < 4.78 is 0. The molecule has 1 rings (SSSR count). The summed E-state index contributed by atoms with van der Waals surface area (Å²) in [5.74, 6) is 0. The van der Waals surface area contributed by atoms with Gasteiger partial charge in [0.2, 0.25) is 0 Å². The Labute approximate surface area is 89.9 Å². The van der Waals surface area contributed by atoms with Gasteiger partial charge in [-0.15, -0.1) is 0 Å². The Morgan fingerprint density at radius 2 is 2.21 bits per heavy atom. The van der Waals surface area contributed by atoms with E-state index in [9.17, 15) is 0 Å². The lowest BCUT2D eigenvalue weighted by Gasteiger charge is -2.11. The van der Waals surface area contributed by atoms with Crippen LogP contribution in [-0.2, 0) is 0 Å². The number of benzene rings is 1. The number of nitrogens with one attached hydrogen (secondary N) is 1. The minimum atomic E-state index is -0.273. The zero-order valence-electron chi connectivity index (χ0n) is 8.55. The molecule has 2 nitrogen and oxygen atoms in total. The number of halogens is 1. The van der Waals surface area contributed by atoms with Crippen molar-refractivity contribution >= 4 is 17.3 Å². The molecule has 3 heteroatoms. The number of anilines is 1. The Bertz CT molecular complexity index is 279. The van der Waals surface area contributed by atoms with Gasteiger partial charge < -0.3 is 10.4 Å². The maximum Gasteiger partial charge on any atom is 0.0640 e. The standard InChI is InChI=1S/C11H16ClNO/c1-8-4-3-5-10(12)11(8)13-7-6-9(2)14/h3-5,9,13-14H,6-7H2,1-2H3. The fraction of sp³-hybridized carbons (Fsp3) is 0.455. The van der Waals surface area contributed by atoms with Crippen molar-refractivity contribution in [2.24, 2.45) is 0 Å². The van der Waals surface area contributed by atoms with E-state index in [4.69, 9.17) is 16.7 Å². The molecule has 1 atom stereocenters. The average molecular weight is 214 g/mol. The molecule has 2 N–H and O–H groups in total. The van der Waals surface area contributed by atoms with Crippen molar-refractivity contribution in [2.45, 2.75) is 26.4 Å². The van der Waals surface area contributed by atoms with E-state index in [1.807, 2.05) is 25.1 Å². The molecule has 78 valence electrons. The van der Waals surface area contributed by atoms with E-state index in [2.05, 4.69) is 5.32 Å². The molecule has 1 aromatic rings. The van der Waals surface area contributed by atoms with Crippen LogP contribution >= 0.6 is 11.6 Å². The number of aryl methyl sites for hydroxylation is 1. The van der Waals surface area contributed by atoms with E-state index in [1.54, 1.807) is 6.92 Å². The third-order valence-corrected chi connectivity index (χ3v) is 2.40. The van der Waals surface area contributed by atoms with E-state index in [0.717, 1.165) is 29.2 Å². The van der Waals surface area contributed by atoms with Gasteiger partial charge in [0.05, 0.1) is 16.8 Å². The molecule has 0 aliphatic carbocycles. The van der Waals surface area contributed by atoms with Crippen LogP contribution in [0.25, 0.3) is 0 Å². The maximum atomic E-state index is 9.10. The zero-order chi connectivity index (χ0) is 10.6. The Morgan fingerprint density at radius 1 is 1.50 bits per heavy atom. The van der Waals surface area contributed by atoms with Crippen molar-refractivity contribution < 1.29 is 5.11 Å². The highest BCUT2D eigenvalue weighted by molar-refractivity contribution is 6.33. The highest BCUT2D eigenvalue weighted by atomic mass is 35.5. The highest BCUT2D eigenvalue weighted by Gasteiger charge is 2.02. The van der Waals surface area contributed by atoms with E-state index < -0.39 is 0 Å². The van der Waals surface area contributed by atoms with Gasteiger partial charge in [-0.1, -0.05) is 23.7 Å². The van der Waals surface area contributed by atoms with Crippen LogP contribution in [0.4, 0.5) is 5.69 Å². The molecule has 0 saturated carbocycles. The van der Waals surface area contributed by atoms with Gasteiger partial charge in [-0.25, -0.2) is 0 Å². The lowest BCUT2D eigenvalue weighted by molar-refractivity contribution is 0.189. The molecule has 0 saturated heterocycles. The molecular weight excluding hydrogens is 198 g/mol. The Hall–Kier alpha value is -0.730. The lowest BCUT2D eigenvalue weighted by Crippen LogP contribution is -2.10. The Balaban J connectivity index is 2.58. The van der Waals surface area contributed by atoms with Crippen molar-refractivity contribution in [2.75, 3.05) is 11.9 Å². The van der Waals surface area contributed by atoms with Crippen LogP contribution in [0, 0.1) is 6.92 Å². The number of hydrogen-bond acceptors (Lipinski definition) is 2. The van der Waals surface area contributed by atoms with Gasteiger partial charge in [-0.05, 0) is 31.9 Å². The Kier molecular flexibility index (Phi) is 4.23. The second-order valence-electron chi connectivity index (χ2n) is 3.50. The predicted octanol–water partition coefficient (Wildman–Crippen LogP) is 2.83. The topological polar surface area (TPSA) is 32.3 Å². The Morgan fingerprint density at radius 3 is 2.79 bits per heavy atom. The van der Waals surface area contributed by atoms with Gasteiger partial charge in [0.1, 0.15) is 0 Å². The van der Waals surface area contributed by atoms with E-state index in [-0.39, 0.29) is 6.10 Å². The number of rotatable bonds is 4. The minimum Gasteiger partial charge on any atom is -0.393 e. The minimum absolute atomic E-state index is 0.273. The first-order valence-electron chi connectivity index (χ1n) is 4.78. The zero-order valence-corrected chi connectivity index (χ0v) is 9.30. The normalized spacial score (nSPS) is 12.6. The second kappa shape index (κ2) is 5.23. The van der Waals surface area contributed by atoms with Crippen LogP contribution in [0.5, 0.6) is 0 Å². The fourth-order valence-corrected chi connectivity index (χ4v) is 1.55. The molecule has 0 spiro atoms. The van der Waals surface area contributed by atoms with Crippen LogP contribution < -0.4 is 5.32 Å². The van der Waals surface area contributed by atoms with Gasteiger partial charge in [-0.2, -0.15) is 0 Å². The molecule has 0 bridgehead atoms. The third kappa shape index (κ3) is 3.20. The fourth-order valence-electron chi connectivity index (χ4n) is 1.26. The van der Waals surface area contributed by atoms with Crippen molar-refractivity contribution in [3.05, 3.63) is 28.8 Å². The summed E-state index contributed by atoms with van der Waals surface area (Å²) in [6.07, 6.45) is 0.454. The van der Waals surface area contributed by atoms with E-state index >= 15 is 0 Å². The summed E-state index contributed by atoms with van der Waals surface area (Å²) in [5.41, 5.74) is 2.10. The molecule has 0 aliphatic rings. The lowest BCUT2D eigenvalue weighted by atomic mass is 10.2. The SMILES string of the molecule is Cc1cccc(Cl)c1NCCC(C)O. The molecule has 0 aromatic heterocycles. The van der Waals surface area contributed by atoms with E-state index in [1.165, 1.54) is 0 Å². The molecule has 1 aromatic carbocycles. The van der Waals surface area contributed by atoms with Gasteiger partial charge in [0, 0.05) is 6.54 Å². The smallest absolute Gasteiger partial charge is 0.0640 e. The third-order valence-electron chi connectivity index (χ3n) is 2.09. The molecular formula is C11H16ClNO. The van der Waals surface area contributed by atoms with E-state index in [0.29, 0.717) is 0 Å². The summed E-state index contributed by atoms with van der Waals surface area (Å²) in [6, 6.07) is 5.80. The van der Waals surface area contributed by atoms with Crippen LogP contribution in [0.1, 0.15) is 18.9 Å². The highest BCUT2D eigenvalue weighted by Crippen LogP contribution is 2.24. The number of aliphatic hydroxyl groups excluding tert-OH is 1. The largest absolute Gasteiger partial charge is 0.393 e. The number of para-hydroxylation sites is 1. The maximum absolute atomic E-state index is 9.10. The average Bonchev–Trinajstić information content (AvgIpc) is 2.09. The molecule has 0 fully saturated rings.